The zero-order chi connectivity index (χ0) is 13.1. The molecule has 0 spiro atoms. The number of para-hydroxylation sites is 2. The van der Waals surface area contributed by atoms with Crippen LogP contribution in [-0.2, 0) is 4.79 Å². The Hall–Kier alpha value is -1.55. The fourth-order valence-corrected chi connectivity index (χ4v) is 2.53. The summed E-state index contributed by atoms with van der Waals surface area (Å²) in [5, 5.41) is 2.94. The summed E-state index contributed by atoms with van der Waals surface area (Å²) >= 11 is 0. The Kier molecular flexibility index (Phi) is 3.87. The van der Waals surface area contributed by atoms with E-state index in [-0.39, 0.29) is 5.91 Å². The lowest BCUT2D eigenvalue weighted by Gasteiger charge is -2.24. The molecule has 0 saturated carbocycles. The van der Waals surface area contributed by atoms with E-state index < -0.39 is 0 Å². The Bertz CT molecular complexity index is 433. The molecular weight excluding hydrogens is 226 g/mol. The van der Waals surface area contributed by atoms with Gasteiger partial charge in [-0.25, -0.2) is 0 Å². The highest BCUT2D eigenvalue weighted by Gasteiger charge is 2.25. The number of carbonyl (C=O) groups is 1. The summed E-state index contributed by atoms with van der Waals surface area (Å²) < 4.78 is 0. The molecular formula is C14H21N3O. The van der Waals surface area contributed by atoms with Gasteiger partial charge in [-0.2, -0.15) is 0 Å². The first-order chi connectivity index (χ1) is 8.63. The predicted molar refractivity (Wildman–Crippen MR) is 75.2 cm³/mol. The van der Waals surface area contributed by atoms with Crippen LogP contribution in [0.5, 0.6) is 0 Å². The van der Waals surface area contributed by atoms with Gasteiger partial charge in [0, 0.05) is 20.1 Å². The average Bonchev–Trinajstić information content (AvgIpc) is 2.47. The summed E-state index contributed by atoms with van der Waals surface area (Å²) in [4.78, 5) is 16.3. The summed E-state index contributed by atoms with van der Waals surface area (Å²) in [5.74, 6) is 0.593. The van der Waals surface area contributed by atoms with E-state index in [0.29, 0.717) is 12.5 Å². The minimum absolute atomic E-state index is 0.132. The van der Waals surface area contributed by atoms with Crippen molar-refractivity contribution in [2.45, 2.75) is 6.92 Å². The number of rotatable bonds is 2. The fraction of sp³-hybridized carbons (Fsp3) is 0.500. The Morgan fingerprint density at radius 3 is 2.67 bits per heavy atom. The third-order valence-corrected chi connectivity index (χ3v) is 3.29. The monoisotopic (exact) mass is 247 g/mol. The number of carbonyl (C=O) groups excluding carboxylic acids is 1. The van der Waals surface area contributed by atoms with E-state index in [1.54, 1.807) is 7.05 Å². The molecule has 2 rings (SSSR count). The molecule has 18 heavy (non-hydrogen) atoms. The quantitative estimate of drug-likeness (QED) is 0.856. The van der Waals surface area contributed by atoms with Crippen molar-refractivity contribution in [2.75, 3.05) is 43.5 Å². The molecule has 0 aromatic heterocycles. The Morgan fingerprint density at radius 2 is 2.00 bits per heavy atom. The first-order valence-electron chi connectivity index (χ1n) is 6.38. The molecule has 0 aliphatic carbocycles. The van der Waals surface area contributed by atoms with Crippen LogP contribution in [-0.4, -0.2) is 39.6 Å². The van der Waals surface area contributed by atoms with E-state index in [2.05, 4.69) is 30.3 Å². The van der Waals surface area contributed by atoms with Crippen molar-refractivity contribution in [1.29, 1.82) is 0 Å². The van der Waals surface area contributed by atoms with Crippen molar-refractivity contribution < 1.29 is 4.79 Å². The largest absolute Gasteiger partial charge is 0.373 e. The van der Waals surface area contributed by atoms with Crippen LogP contribution in [0.15, 0.2) is 24.3 Å². The maximum Gasteiger partial charge on any atom is 0.241 e. The summed E-state index contributed by atoms with van der Waals surface area (Å²) in [7, 11) is 3.89. The van der Waals surface area contributed by atoms with Gasteiger partial charge in [0.1, 0.15) is 0 Å². The Morgan fingerprint density at radius 1 is 1.33 bits per heavy atom. The van der Waals surface area contributed by atoms with Gasteiger partial charge in [-0.15, -0.1) is 0 Å². The molecule has 1 amide bonds. The van der Waals surface area contributed by atoms with E-state index >= 15 is 0 Å². The lowest BCUT2D eigenvalue weighted by molar-refractivity contribution is -0.117. The third kappa shape index (κ3) is 2.48. The summed E-state index contributed by atoms with van der Waals surface area (Å²) in [6.07, 6.45) is 0. The summed E-state index contributed by atoms with van der Waals surface area (Å²) in [6.45, 7) is 4.31. The SMILES string of the molecule is CNCC(=O)N1C[C@H](C)CN(C)c2ccccc21. The molecule has 1 heterocycles. The molecule has 1 N–H and O–H groups in total. The van der Waals surface area contributed by atoms with Crippen LogP contribution in [0.2, 0.25) is 0 Å². The van der Waals surface area contributed by atoms with Crippen molar-refractivity contribution in [3.05, 3.63) is 24.3 Å². The second-order valence-corrected chi connectivity index (χ2v) is 5.01. The van der Waals surface area contributed by atoms with Gasteiger partial charge >= 0.3 is 0 Å². The molecule has 0 fully saturated rings. The van der Waals surface area contributed by atoms with Crippen molar-refractivity contribution >= 4 is 17.3 Å². The maximum atomic E-state index is 12.2. The topological polar surface area (TPSA) is 35.6 Å². The molecule has 0 saturated heterocycles. The number of nitrogens with one attached hydrogen (secondary N) is 1. The van der Waals surface area contributed by atoms with Gasteiger partial charge in [0.05, 0.1) is 17.9 Å². The molecule has 1 aromatic carbocycles. The summed E-state index contributed by atoms with van der Waals surface area (Å²) in [5.41, 5.74) is 2.15. The first kappa shape index (κ1) is 12.9. The molecule has 0 bridgehead atoms. The average molecular weight is 247 g/mol. The highest BCUT2D eigenvalue weighted by molar-refractivity contribution is 5.98. The number of hydrogen-bond donors (Lipinski definition) is 1. The lowest BCUT2D eigenvalue weighted by atomic mass is 10.1. The van der Waals surface area contributed by atoms with Crippen LogP contribution < -0.4 is 15.1 Å². The number of anilines is 2. The minimum atomic E-state index is 0.132. The highest BCUT2D eigenvalue weighted by atomic mass is 16.2. The van der Waals surface area contributed by atoms with E-state index in [4.69, 9.17) is 0 Å². The molecule has 1 aromatic rings. The number of benzene rings is 1. The lowest BCUT2D eigenvalue weighted by Crippen LogP contribution is -2.39. The van der Waals surface area contributed by atoms with Gasteiger partial charge in [-0.1, -0.05) is 19.1 Å². The zero-order valence-corrected chi connectivity index (χ0v) is 11.3. The van der Waals surface area contributed by atoms with Gasteiger partial charge in [0.15, 0.2) is 0 Å². The van der Waals surface area contributed by atoms with Crippen molar-refractivity contribution in [1.82, 2.24) is 5.32 Å². The maximum absolute atomic E-state index is 12.2. The van der Waals surface area contributed by atoms with Crippen LogP contribution in [0, 0.1) is 5.92 Å². The Labute approximate surface area is 109 Å². The molecule has 4 nitrogen and oxygen atoms in total. The summed E-state index contributed by atoms with van der Waals surface area (Å²) in [6, 6.07) is 8.11. The number of hydrogen-bond acceptors (Lipinski definition) is 3. The van der Waals surface area contributed by atoms with E-state index in [0.717, 1.165) is 24.5 Å². The number of likely N-dealkylation sites (N-methyl/N-ethyl adjacent to an activating group) is 1. The van der Waals surface area contributed by atoms with E-state index in [9.17, 15) is 4.79 Å². The highest BCUT2D eigenvalue weighted by Crippen LogP contribution is 2.32. The molecule has 1 aliphatic rings. The van der Waals surface area contributed by atoms with Gasteiger partial charge in [0.2, 0.25) is 5.91 Å². The van der Waals surface area contributed by atoms with Crippen molar-refractivity contribution in [3.63, 3.8) is 0 Å². The molecule has 1 atom stereocenters. The molecule has 0 unspecified atom stereocenters. The second kappa shape index (κ2) is 5.40. The van der Waals surface area contributed by atoms with E-state index in [1.807, 2.05) is 23.1 Å². The second-order valence-electron chi connectivity index (χ2n) is 5.01. The molecule has 0 radical (unpaired) electrons. The number of amides is 1. The Balaban J connectivity index is 2.39. The smallest absolute Gasteiger partial charge is 0.241 e. The van der Waals surface area contributed by atoms with Crippen molar-refractivity contribution in [3.8, 4) is 0 Å². The van der Waals surface area contributed by atoms with Gasteiger partial charge < -0.3 is 15.1 Å². The van der Waals surface area contributed by atoms with Crippen LogP contribution in [0.3, 0.4) is 0 Å². The number of fused-ring (bicyclic) bond motifs is 1. The first-order valence-corrected chi connectivity index (χ1v) is 6.38. The van der Waals surface area contributed by atoms with Crippen LogP contribution in [0.25, 0.3) is 0 Å². The molecule has 4 heteroatoms. The van der Waals surface area contributed by atoms with Crippen molar-refractivity contribution in [2.24, 2.45) is 5.92 Å². The van der Waals surface area contributed by atoms with Gasteiger partial charge in [-0.3, -0.25) is 4.79 Å². The molecule has 98 valence electrons. The van der Waals surface area contributed by atoms with Gasteiger partial charge in [-0.05, 0) is 25.1 Å². The van der Waals surface area contributed by atoms with Crippen LogP contribution in [0.1, 0.15) is 6.92 Å². The normalized spacial score (nSPS) is 19.4. The minimum Gasteiger partial charge on any atom is -0.373 e. The van der Waals surface area contributed by atoms with Gasteiger partial charge in [0.25, 0.3) is 0 Å². The zero-order valence-electron chi connectivity index (χ0n) is 11.3. The standard InChI is InChI=1S/C14H21N3O/c1-11-9-16(3)12-6-4-5-7-13(12)17(10-11)14(18)8-15-2/h4-7,11,15H,8-10H2,1-3H3/t11-/m1/s1. The molecule has 1 aliphatic heterocycles. The van der Waals surface area contributed by atoms with Crippen LogP contribution in [0.4, 0.5) is 11.4 Å². The predicted octanol–water partition coefficient (Wildman–Crippen LogP) is 1.32. The third-order valence-electron chi connectivity index (χ3n) is 3.29. The fourth-order valence-electron chi connectivity index (χ4n) is 2.53. The van der Waals surface area contributed by atoms with E-state index in [1.165, 1.54) is 0 Å². The number of nitrogens with zero attached hydrogens (tertiary/aromatic N) is 2. The van der Waals surface area contributed by atoms with Crippen LogP contribution >= 0.6 is 0 Å².